The number of carbonyl (C=O) groups excluding carboxylic acids is 1. The van der Waals surface area contributed by atoms with E-state index < -0.39 is 0 Å². The molecule has 0 spiro atoms. The lowest BCUT2D eigenvalue weighted by atomic mass is 9.68. The Morgan fingerprint density at radius 3 is 2.41 bits per heavy atom. The van der Waals surface area contributed by atoms with Gasteiger partial charge in [-0.05, 0) is 75.5 Å². The second-order valence-corrected chi connectivity index (χ2v) is 12.8. The molecule has 2 saturated carbocycles. The summed E-state index contributed by atoms with van der Waals surface area (Å²) in [6.45, 7) is 13.0. The van der Waals surface area contributed by atoms with Crippen molar-refractivity contribution >= 4 is 5.78 Å². The number of aromatic nitrogens is 3. The zero-order valence-electron chi connectivity index (χ0n) is 22.0. The van der Waals surface area contributed by atoms with Crippen molar-refractivity contribution in [2.75, 3.05) is 20.1 Å². The number of nitrogens with zero attached hydrogens (tertiary/aromatic N) is 4. The number of hydrogen-bond donors (Lipinski definition) is 0. The zero-order chi connectivity index (χ0) is 24.2. The molecule has 1 aromatic heterocycles. The van der Waals surface area contributed by atoms with Crippen LogP contribution in [0.1, 0.15) is 99.1 Å². The van der Waals surface area contributed by atoms with Crippen LogP contribution in [0.5, 0.6) is 0 Å². The summed E-state index contributed by atoms with van der Waals surface area (Å²) in [5.41, 5.74) is 4.02. The molecule has 1 aliphatic heterocycles. The van der Waals surface area contributed by atoms with Crippen LogP contribution in [0.15, 0.2) is 18.2 Å². The van der Waals surface area contributed by atoms with Crippen molar-refractivity contribution in [3.8, 4) is 0 Å². The molecule has 5 nitrogen and oxygen atoms in total. The van der Waals surface area contributed by atoms with Gasteiger partial charge in [0.25, 0.3) is 0 Å². The van der Waals surface area contributed by atoms with Crippen molar-refractivity contribution in [1.82, 2.24) is 19.7 Å². The van der Waals surface area contributed by atoms with Crippen LogP contribution in [0.25, 0.3) is 0 Å². The minimum atomic E-state index is -0.00437. The number of benzene rings is 1. The van der Waals surface area contributed by atoms with Gasteiger partial charge in [0.05, 0.1) is 0 Å². The van der Waals surface area contributed by atoms with Gasteiger partial charge in [-0.1, -0.05) is 44.5 Å². The van der Waals surface area contributed by atoms with Crippen molar-refractivity contribution in [3.63, 3.8) is 0 Å². The van der Waals surface area contributed by atoms with Crippen molar-refractivity contribution in [1.29, 1.82) is 0 Å². The lowest BCUT2D eigenvalue weighted by molar-refractivity contribution is -0.122. The first kappa shape index (κ1) is 23.7. The van der Waals surface area contributed by atoms with Gasteiger partial charge in [-0.2, -0.15) is 0 Å². The summed E-state index contributed by atoms with van der Waals surface area (Å²) >= 11 is 0. The fourth-order valence-electron chi connectivity index (χ4n) is 6.48. The largest absolute Gasteiger partial charge is 0.311 e. The van der Waals surface area contributed by atoms with Crippen LogP contribution < -0.4 is 0 Å². The molecule has 2 atom stereocenters. The molecule has 0 amide bonds. The fourth-order valence-corrected chi connectivity index (χ4v) is 6.48. The van der Waals surface area contributed by atoms with Crippen molar-refractivity contribution in [3.05, 3.63) is 46.5 Å². The number of likely N-dealkylation sites (N-methyl/N-ethyl adjacent to an activating group) is 1. The first-order valence-electron chi connectivity index (χ1n) is 13.3. The predicted octanol–water partition coefficient (Wildman–Crippen LogP) is 5.62. The Hall–Kier alpha value is -2.01. The summed E-state index contributed by atoms with van der Waals surface area (Å²) in [7, 11) is 2.14. The Balaban J connectivity index is 1.35. The molecule has 5 heteroatoms. The average Bonchev–Trinajstić information content (AvgIpc) is 3.34. The molecule has 2 aromatic rings. The van der Waals surface area contributed by atoms with E-state index in [0.717, 1.165) is 30.4 Å². The standard InChI is InChI=1S/C29H42N4O/c1-18-7-8-21(19(2)11-18)14-26(34)24-16-32(6)17-25(24)28-31-30-27(33(28)23-9-10-23)22-12-20(13-22)15-29(3,4)5/h7-8,11,20,22-25H,9-10,12-17H2,1-6H3/t20?,22?,24-,25-/m0/s1. The molecule has 2 aliphatic carbocycles. The lowest BCUT2D eigenvalue weighted by Crippen LogP contribution is -2.29. The normalized spacial score (nSPS) is 27.7. The first-order valence-corrected chi connectivity index (χ1v) is 13.3. The van der Waals surface area contributed by atoms with Crippen LogP contribution in [0.2, 0.25) is 0 Å². The van der Waals surface area contributed by atoms with Gasteiger partial charge in [0.1, 0.15) is 17.4 Å². The van der Waals surface area contributed by atoms with Gasteiger partial charge in [0.2, 0.25) is 0 Å². The number of hydrogen-bond acceptors (Lipinski definition) is 4. The molecule has 3 aliphatic rings. The van der Waals surface area contributed by atoms with Gasteiger partial charge in [-0.3, -0.25) is 4.79 Å². The topological polar surface area (TPSA) is 51.0 Å². The van der Waals surface area contributed by atoms with Gasteiger partial charge >= 0.3 is 0 Å². The molecule has 184 valence electrons. The van der Waals surface area contributed by atoms with Crippen LogP contribution in [-0.4, -0.2) is 45.6 Å². The van der Waals surface area contributed by atoms with Gasteiger partial charge in [-0.15, -0.1) is 10.2 Å². The highest BCUT2D eigenvalue weighted by Gasteiger charge is 2.44. The van der Waals surface area contributed by atoms with Gasteiger partial charge < -0.3 is 9.47 Å². The number of aryl methyl sites for hydroxylation is 2. The molecule has 0 bridgehead atoms. The van der Waals surface area contributed by atoms with Crippen molar-refractivity contribution < 1.29 is 4.79 Å². The fraction of sp³-hybridized carbons (Fsp3) is 0.690. The maximum Gasteiger partial charge on any atom is 0.142 e. The molecule has 3 fully saturated rings. The minimum Gasteiger partial charge on any atom is -0.311 e. The van der Waals surface area contributed by atoms with E-state index in [9.17, 15) is 4.79 Å². The van der Waals surface area contributed by atoms with Crippen LogP contribution in [0.4, 0.5) is 0 Å². The van der Waals surface area contributed by atoms with E-state index in [0.29, 0.717) is 29.6 Å². The number of rotatable bonds is 7. The van der Waals surface area contributed by atoms with Crippen molar-refractivity contribution in [2.24, 2.45) is 17.3 Å². The molecule has 1 aromatic carbocycles. The molecular formula is C29H42N4O. The summed E-state index contributed by atoms with van der Waals surface area (Å²) in [4.78, 5) is 15.9. The van der Waals surface area contributed by atoms with E-state index in [1.165, 1.54) is 49.1 Å². The monoisotopic (exact) mass is 462 g/mol. The molecule has 1 saturated heterocycles. The quantitative estimate of drug-likeness (QED) is 0.536. The van der Waals surface area contributed by atoms with E-state index in [1.54, 1.807) is 0 Å². The highest BCUT2D eigenvalue weighted by molar-refractivity contribution is 5.85. The predicted molar refractivity (Wildman–Crippen MR) is 136 cm³/mol. The number of likely N-dealkylation sites (tertiary alicyclic amines) is 1. The van der Waals surface area contributed by atoms with E-state index in [4.69, 9.17) is 10.2 Å². The third kappa shape index (κ3) is 4.86. The Labute approximate surface area is 205 Å². The smallest absolute Gasteiger partial charge is 0.142 e. The maximum absolute atomic E-state index is 13.6. The van der Waals surface area contributed by atoms with Gasteiger partial charge in [-0.25, -0.2) is 0 Å². The molecule has 0 N–H and O–H groups in total. The number of Topliss-reactive ketones (excluding diaryl/α,β-unsaturated/α-hetero) is 1. The average molecular weight is 463 g/mol. The summed E-state index contributed by atoms with van der Waals surface area (Å²) < 4.78 is 2.49. The summed E-state index contributed by atoms with van der Waals surface area (Å²) in [5.74, 6) is 4.13. The van der Waals surface area contributed by atoms with Crippen molar-refractivity contribution in [2.45, 2.75) is 91.0 Å². The van der Waals surface area contributed by atoms with E-state index >= 15 is 0 Å². The van der Waals surface area contributed by atoms with E-state index in [-0.39, 0.29) is 11.8 Å². The second kappa shape index (κ2) is 8.89. The Bertz CT molecular complexity index is 1050. The van der Waals surface area contributed by atoms with Crippen LogP contribution >= 0.6 is 0 Å². The lowest BCUT2D eigenvalue weighted by Gasteiger charge is -2.38. The molecule has 0 radical (unpaired) electrons. The molecule has 2 heterocycles. The number of carbonyl (C=O) groups is 1. The van der Waals surface area contributed by atoms with Gasteiger partial charge in [0.15, 0.2) is 0 Å². The molecule has 5 rings (SSSR count). The Morgan fingerprint density at radius 2 is 1.76 bits per heavy atom. The second-order valence-electron chi connectivity index (χ2n) is 12.8. The summed E-state index contributed by atoms with van der Waals surface area (Å²) in [5, 5.41) is 9.58. The van der Waals surface area contributed by atoms with E-state index in [1.807, 2.05) is 0 Å². The summed E-state index contributed by atoms with van der Waals surface area (Å²) in [6.07, 6.45) is 6.72. The first-order chi connectivity index (χ1) is 16.1. The van der Waals surface area contributed by atoms with Crippen LogP contribution in [0, 0.1) is 31.1 Å². The van der Waals surface area contributed by atoms with E-state index in [2.05, 4.69) is 69.3 Å². The van der Waals surface area contributed by atoms with Crippen LogP contribution in [-0.2, 0) is 11.2 Å². The Kier molecular flexibility index (Phi) is 6.20. The summed E-state index contributed by atoms with van der Waals surface area (Å²) in [6, 6.07) is 6.98. The third-order valence-electron chi connectivity index (χ3n) is 8.27. The highest BCUT2D eigenvalue weighted by Crippen LogP contribution is 2.49. The maximum atomic E-state index is 13.6. The van der Waals surface area contributed by atoms with Gasteiger partial charge in [0, 0.05) is 43.3 Å². The highest BCUT2D eigenvalue weighted by atomic mass is 16.1. The molecule has 34 heavy (non-hydrogen) atoms. The Morgan fingerprint density at radius 1 is 1.06 bits per heavy atom. The minimum absolute atomic E-state index is 0.00437. The third-order valence-corrected chi connectivity index (χ3v) is 8.27. The molecular weight excluding hydrogens is 420 g/mol. The number of ketones is 1. The van der Waals surface area contributed by atoms with Crippen LogP contribution in [0.3, 0.4) is 0 Å². The SMILES string of the molecule is Cc1ccc(CC(=O)[C@H]2CN(C)C[C@@H]2c2nnc(C3CC(CC(C)(C)C)C3)n2C2CC2)c(C)c1. The zero-order valence-corrected chi connectivity index (χ0v) is 22.0. The molecule has 0 unspecified atom stereocenters.